The molecule has 0 radical (unpaired) electrons. The molecule has 1 aliphatic rings. The summed E-state index contributed by atoms with van der Waals surface area (Å²) in [7, 11) is 0. The number of nitro benzene ring substituents is 1. The summed E-state index contributed by atoms with van der Waals surface area (Å²) in [5, 5.41) is 22.2. The highest BCUT2D eigenvalue weighted by Crippen LogP contribution is 2.45. The fourth-order valence-electron chi connectivity index (χ4n) is 1.98. The molecule has 7 heteroatoms. The number of nitrogens with zero attached hydrogens (tertiary/aromatic N) is 1. The predicted octanol–water partition coefficient (Wildman–Crippen LogP) is 1.50. The van der Waals surface area contributed by atoms with Gasteiger partial charge in [-0.2, -0.15) is 0 Å². The van der Waals surface area contributed by atoms with Gasteiger partial charge >= 0.3 is 5.97 Å². The van der Waals surface area contributed by atoms with Crippen molar-refractivity contribution in [1.82, 2.24) is 5.32 Å². The van der Waals surface area contributed by atoms with Crippen LogP contribution in [-0.2, 0) is 4.79 Å². The van der Waals surface area contributed by atoms with E-state index in [4.69, 9.17) is 5.11 Å². The Morgan fingerprint density at radius 2 is 2.10 bits per heavy atom. The third-order valence-electron chi connectivity index (χ3n) is 3.56. The van der Waals surface area contributed by atoms with Crippen molar-refractivity contribution in [2.45, 2.75) is 19.8 Å². The van der Waals surface area contributed by atoms with Crippen LogP contribution in [-0.4, -0.2) is 28.5 Å². The minimum absolute atomic E-state index is 0.0803. The topological polar surface area (TPSA) is 110 Å². The van der Waals surface area contributed by atoms with Crippen LogP contribution in [0.2, 0.25) is 0 Å². The molecule has 1 aromatic rings. The van der Waals surface area contributed by atoms with E-state index < -0.39 is 22.2 Å². The second-order valence-corrected chi connectivity index (χ2v) is 5.02. The molecular formula is C13H14N2O5. The van der Waals surface area contributed by atoms with Gasteiger partial charge in [0.15, 0.2) is 0 Å². The Kier molecular flexibility index (Phi) is 3.44. The minimum Gasteiger partial charge on any atom is -0.481 e. The van der Waals surface area contributed by atoms with Gasteiger partial charge in [-0.3, -0.25) is 19.7 Å². The molecule has 0 saturated heterocycles. The van der Waals surface area contributed by atoms with Crippen LogP contribution in [0.15, 0.2) is 18.2 Å². The number of amides is 1. The number of aliphatic carboxylic acids is 1. The summed E-state index contributed by atoms with van der Waals surface area (Å²) in [6.45, 7) is 1.68. The quantitative estimate of drug-likeness (QED) is 0.626. The SMILES string of the molecule is Cc1cc([N+](=O)[O-])ccc1C(=O)NCC1(C(=O)O)CC1. The molecule has 0 unspecified atom stereocenters. The number of non-ortho nitro benzene ring substituents is 1. The van der Waals surface area contributed by atoms with Crippen molar-refractivity contribution in [3.05, 3.63) is 39.4 Å². The van der Waals surface area contributed by atoms with Gasteiger partial charge in [0.1, 0.15) is 0 Å². The Bertz CT molecular complexity index is 592. The van der Waals surface area contributed by atoms with Gasteiger partial charge in [-0.1, -0.05) is 0 Å². The molecule has 7 nitrogen and oxygen atoms in total. The summed E-state index contributed by atoms with van der Waals surface area (Å²) >= 11 is 0. The Morgan fingerprint density at radius 3 is 2.55 bits per heavy atom. The first kappa shape index (κ1) is 14.0. The summed E-state index contributed by atoms with van der Waals surface area (Å²) in [4.78, 5) is 33.0. The van der Waals surface area contributed by atoms with Crippen LogP contribution >= 0.6 is 0 Å². The average molecular weight is 278 g/mol. The first-order valence-corrected chi connectivity index (χ1v) is 6.12. The number of aryl methyl sites for hydroxylation is 1. The predicted molar refractivity (Wildman–Crippen MR) is 69.5 cm³/mol. The van der Waals surface area contributed by atoms with Crippen LogP contribution in [0.25, 0.3) is 0 Å². The maximum absolute atomic E-state index is 12.0. The van der Waals surface area contributed by atoms with Gasteiger partial charge in [0.05, 0.1) is 10.3 Å². The normalized spacial score (nSPS) is 15.4. The molecule has 20 heavy (non-hydrogen) atoms. The smallest absolute Gasteiger partial charge is 0.311 e. The highest BCUT2D eigenvalue weighted by Gasteiger charge is 2.50. The number of rotatable bonds is 5. The summed E-state index contributed by atoms with van der Waals surface area (Å²) in [6.07, 6.45) is 1.11. The van der Waals surface area contributed by atoms with Crippen molar-refractivity contribution < 1.29 is 19.6 Å². The number of carboxylic acid groups (broad SMARTS) is 1. The molecule has 2 N–H and O–H groups in total. The van der Waals surface area contributed by atoms with E-state index in [1.807, 2.05) is 0 Å². The zero-order valence-corrected chi connectivity index (χ0v) is 10.9. The highest BCUT2D eigenvalue weighted by atomic mass is 16.6. The van der Waals surface area contributed by atoms with Crippen molar-refractivity contribution in [2.75, 3.05) is 6.54 Å². The van der Waals surface area contributed by atoms with Crippen LogP contribution in [0.3, 0.4) is 0 Å². The Balaban J connectivity index is 2.06. The van der Waals surface area contributed by atoms with E-state index in [0.717, 1.165) is 0 Å². The maximum atomic E-state index is 12.0. The Morgan fingerprint density at radius 1 is 1.45 bits per heavy atom. The molecule has 0 heterocycles. The Hall–Kier alpha value is -2.44. The van der Waals surface area contributed by atoms with E-state index in [-0.39, 0.29) is 12.2 Å². The fraction of sp³-hybridized carbons (Fsp3) is 0.385. The van der Waals surface area contributed by atoms with Crippen molar-refractivity contribution in [1.29, 1.82) is 0 Å². The van der Waals surface area contributed by atoms with Gasteiger partial charge < -0.3 is 10.4 Å². The number of nitrogens with one attached hydrogen (secondary N) is 1. The molecule has 0 bridgehead atoms. The van der Waals surface area contributed by atoms with Gasteiger partial charge in [-0.15, -0.1) is 0 Å². The van der Waals surface area contributed by atoms with Crippen LogP contribution in [0.1, 0.15) is 28.8 Å². The number of nitro groups is 1. The van der Waals surface area contributed by atoms with E-state index in [2.05, 4.69) is 5.32 Å². The number of carboxylic acids is 1. The molecule has 0 aliphatic heterocycles. The van der Waals surface area contributed by atoms with Gasteiger partial charge in [0, 0.05) is 24.2 Å². The first-order valence-electron chi connectivity index (χ1n) is 6.12. The molecule has 0 aromatic heterocycles. The number of hydrogen-bond donors (Lipinski definition) is 2. The molecule has 106 valence electrons. The lowest BCUT2D eigenvalue weighted by atomic mass is 10.1. The summed E-state index contributed by atoms with van der Waals surface area (Å²) < 4.78 is 0. The van der Waals surface area contributed by atoms with E-state index in [1.54, 1.807) is 6.92 Å². The first-order chi connectivity index (χ1) is 9.35. The zero-order valence-electron chi connectivity index (χ0n) is 10.9. The standard InChI is InChI=1S/C13H14N2O5/c1-8-6-9(15(19)20)2-3-10(8)11(16)14-7-13(4-5-13)12(17)18/h2-3,6H,4-5,7H2,1H3,(H,14,16)(H,17,18). The summed E-state index contributed by atoms with van der Waals surface area (Å²) in [5.74, 6) is -1.32. The second-order valence-electron chi connectivity index (χ2n) is 5.02. The molecule has 2 rings (SSSR count). The van der Waals surface area contributed by atoms with E-state index in [9.17, 15) is 19.7 Å². The monoisotopic (exact) mass is 278 g/mol. The van der Waals surface area contributed by atoms with Crippen LogP contribution < -0.4 is 5.32 Å². The second kappa shape index (κ2) is 4.92. The van der Waals surface area contributed by atoms with Gasteiger partial charge in [0.25, 0.3) is 11.6 Å². The maximum Gasteiger partial charge on any atom is 0.311 e. The lowest BCUT2D eigenvalue weighted by Gasteiger charge is -2.12. The summed E-state index contributed by atoms with van der Waals surface area (Å²) in [6, 6.07) is 3.95. The number of benzene rings is 1. The third kappa shape index (κ3) is 2.61. The van der Waals surface area contributed by atoms with Gasteiger partial charge in [-0.05, 0) is 31.4 Å². The molecular weight excluding hydrogens is 264 g/mol. The number of hydrogen-bond acceptors (Lipinski definition) is 4. The Labute approximate surface area is 114 Å². The van der Waals surface area contributed by atoms with Gasteiger partial charge in [-0.25, -0.2) is 0 Å². The van der Waals surface area contributed by atoms with Crippen LogP contribution in [0.4, 0.5) is 5.69 Å². The van der Waals surface area contributed by atoms with Crippen molar-refractivity contribution in [2.24, 2.45) is 5.41 Å². The molecule has 0 spiro atoms. The average Bonchev–Trinajstić information content (AvgIpc) is 3.17. The molecule has 1 aliphatic carbocycles. The third-order valence-corrected chi connectivity index (χ3v) is 3.56. The highest BCUT2D eigenvalue weighted by molar-refractivity contribution is 5.96. The van der Waals surface area contributed by atoms with Crippen LogP contribution in [0.5, 0.6) is 0 Å². The molecule has 1 aromatic carbocycles. The molecule has 1 fully saturated rings. The molecule has 1 amide bonds. The van der Waals surface area contributed by atoms with Gasteiger partial charge in [0.2, 0.25) is 0 Å². The zero-order chi connectivity index (χ0) is 14.9. The number of carbonyl (C=O) groups is 2. The number of carbonyl (C=O) groups excluding carboxylic acids is 1. The van der Waals surface area contributed by atoms with Crippen molar-refractivity contribution >= 4 is 17.6 Å². The van der Waals surface area contributed by atoms with E-state index in [0.29, 0.717) is 24.0 Å². The van der Waals surface area contributed by atoms with Crippen LogP contribution in [0, 0.1) is 22.5 Å². The lowest BCUT2D eigenvalue weighted by Crippen LogP contribution is -2.34. The summed E-state index contributed by atoms with van der Waals surface area (Å²) in [5.41, 5.74) is -0.110. The fourth-order valence-corrected chi connectivity index (χ4v) is 1.98. The minimum atomic E-state index is -0.904. The van der Waals surface area contributed by atoms with E-state index in [1.165, 1.54) is 18.2 Å². The van der Waals surface area contributed by atoms with E-state index >= 15 is 0 Å². The molecule has 0 atom stereocenters. The van der Waals surface area contributed by atoms with Crippen molar-refractivity contribution in [3.8, 4) is 0 Å². The lowest BCUT2D eigenvalue weighted by molar-refractivity contribution is -0.384. The largest absolute Gasteiger partial charge is 0.481 e. The molecule has 1 saturated carbocycles. The van der Waals surface area contributed by atoms with Crippen molar-refractivity contribution in [3.63, 3.8) is 0 Å².